The summed E-state index contributed by atoms with van der Waals surface area (Å²) >= 11 is 5.78. The largest absolute Gasteiger partial charge is 0.381 e. The van der Waals surface area contributed by atoms with E-state index < -0.39 is 5.82 Å². The lowest BCUT2D eigenvalue weighted by molar-refractivity contribution is 0.630. The van der Waals surface area contributed by atoms with Crippen molar-refractivity contribution in [3.63, 3.8) is 0 Å². The molecule has 2 aromatic rings. The van der Waals surface area contributed by atoms with Crippen molar-refractivity contribution in [2.75, 3.05) is 5.73 Å². The number of benzene rings is 1. The molecule has 0 amide bonds. The fourth-order valence-electron chi connectivity index (χ4n) is 1.53. The third kappa shape index (κ3) is 1.93. The van der Waals surface area contributed by atoms with Crippen LogP contribution in [0.1, 0.15) is 5.56 Å². The molecule has 0 saturated heterocycles. The van der Waals surface area contributed by atoms with Crippen molar-refractivity contribution >= 4 is 17.4 Å². The van der Waals surface area contributed by atoms with Crippen LogP contribution in [0.4, 0.5) is 10.2 Å². The van der Waals surface area contributed by atoms with E-state index in [1.807, 2.05) is 6.07 Å². The van der Waals surface area contributed by atoms with Gasteiger partial charge in [-0.25, -0.2) is 9.37 Å². The van der Waals surface area contributed by atoms with E-state index in [1.165, 1.54) is 0 Å². The van der Waals surface area contributed by atoms with E-state index in [0.717, 1.165) is 0 Å². The van der Waals surface area contributed by atoms with E-state index in [1.54, 1.807) is 30.3 Å². The van der Waals surface area contributed by atoms with E-state index >= 15 is 0 Å². The number of hydrogen-bond acceptors (Lipinski definition) is 3. The second-order valence-electron chi connectivity index (χ2n) is 3.33. The molecule has 0 aliphatic heterocycles. The van der Waals surface area contributed by atoms with Crippen molar-refractivity contribution in [2.24, 2.45) is 0 Å². The van der Waals surface area contributed by atoms with Gasteiger partial charge in [0.2, 0.25) is 0 Å². The number of pyridine rings is 1. The van der Waals surface area contributed by atoms with Crippen LogP contribution in [-0.2, 0) is 0 Å². The first kappa shape index (κ1) is 11.4. The standard InChI is InChI=1S/C12H7ClFN3/c13-11-8(6-15)9(10(14)12(16)17-11)7-4-2-1-3-5-7/h1-5H,(H2,16,17). The minimum Gasteiger partial charge on any atom is -0.381 e. The van der Waals surface area contributed by atoms with Gasteiger partial charge < -0.3 is 5.73 Å². The molecule has 1 aromatic carbocycles. The highest BCUT2D eigenvalue weighted by atomic mass is 35.5. The Morgan fingerprint density at radius 2 is 1.94 bits per heavy atom. The molecule has 2 rings (SSSR count). The summed E-state index contributed by atoms with van der Waals surface area (Å²) in [6.07, 6.45) is 0. The highest BCUT2D eigenvalue weighted by molar-refractivity contribution is 6.31. The molecule has 84 valence electrons. The van der Waals surface area contributed by atoms with Crippen molar-refractivity contribution in [1.29, 1.82) is 5.26 Å². The van der Waals surface area contributed by atoms with Crippen LogP contribution in [-0.4, -0.2) is 4.98 Å². The summed E-state index contributed by atoms with van der Waals surface area (Å²) in [5.41, 5.74) is 6.02. The number of nitriles is 1. The third-order valence-corrected chi connectivity index (χ3v) is 2.57. The van der Waals surface area contributed by atoms with Crippen LogP contribution in [0.3, 0.4) is 0 Å². The first-order valence-electron chi connectivity index (χ1n) is 4.75. The van der Waals surface area contributed by atoms with Crippen LogP contribution in [0.2, 0.25) is 5.15 Å². The molecule has 0 aliphatic carbocycles. The first-order chi connectivity index (χ1) is 8.15. The van der Waals surface area contributed by atoms with Gasteiger partial charge >= 0.3 is 0 Å². The molecule has 17 heavy (non-hydrogen) atoms. The Labute approximate surface area is 102 Å². The fraction of sp³-hybridized carbons (Fsp3) is 0. The van der Waals surface area contributed by atoms with Gasteiger partial charge in [-0.1, -0.05) is 41.9 Å². The molecule has 0 radical (unpaired) electrons. The topological polar surface area (TPSA) is 62.7 Å². The summed E-state index contributed by atoms with van der Waals surface area (Å²) in [6, 6.07) is 10.5. The smallest absolute Gasteiger partial charge is 0.174 e. The van der Waals surface area contributed by atoms with Gasteiger partial charge in [0.15, 0.2) is 11.6 Å². The minimum atomic E-state index is -0.725. The molecule has 5 heteroatoms. The molecule has 0 atom stereocenters. The molecule has 0 aliphatic rings. The summed E-state index contributed by atoms with van der Waals surface area (Å²) in [5, 5.41) is 8.90. The Morgan fingerprint density at radius 1 is 1.29 bits per heavy atom. The molecule has 3 nitrogen and oxygen atoms in total. The lowest BCUT2D eigenvalue weighted by Gasteiger charge is -2.08. The van der Waals surface area contributed by atoms with Gasteiger partial charge in [-0.3, -0.25) is 0 Å². The zero-order chi connectivity index (χ0) is 12.4. The van der Waals surface area contributed by atoms with Crippen molar-refractivity contribution in [1.82, 2.24) is 4.98 Å². The lowest BCUT2D eigenvalue weighted by Crippen LogP contribution is -2.01. The molecular formula is C12H7ClFN3. The number of nitrogens with zero attached hydrogens (tertiary/aromatic N) is 2. The SMILES string of the molecule is N#Cc1c(Cl)nc(N)c(F)c1-c1ccccc1. The number of hydrogen-bond donors (Lipinski definition) is 1. The number of nitrogen functional groups attached to an aromatic ring is 1. The Morgan fingerprint density at radius 3 is 2.53 bits per heavy atom. The van der Waals surface area contributed by atoms with E-state index in [2.05, 4.69) is 4.98 Å². The maximum Gasteiger partial charge on any atom is 0.174 e. The maximum atomic E-state index is 13.9. The average molecular weight is 248 g/mol. The van der Waals surface area contributed by atoms with Gasteiger partial charge in [-0.15, -0.1) is 0 Å². The lowest BCUT2D eigenvalue weighted by atomic mass is 10.0. The van der Waals surface area contributed by atoms with Gasteiger partial charge in [0.1, 0.15) is 16.8 Å². The van der Waals surface area contributed by atoms with Gasteiger partial charge in [0.05, 0.1) is 0 Å². The Hall–Kier alpha value is -2.12. The molecule has 0 spiro atoms. The van der Waals surface area contributed by atoms with Gasteiger partial charge in [-0.05, 0) is 5.56 Å². The van der Waals surface area contributed by atoms with Crippen LogP contribution >= 0.6 is 11.6 Å². The van der Waals surface area contributed by atoms with Crippen molar-refractivity contribution in [2.45, 2.75) is 0 Å². The second-order valence-corrected chi connectivity index (χ2v) is 3.69. The molecule has 0 unspecified atom stereocenters. The third-order valence-electron chi connectivity index (χ3n) is 2.29. The summed E-state index contributed by atoms with van der Waals surface area (Å²) in [7, 11) is 0. The summed E-state index contributed by atoms with van der Waals surface area (Å²) in [5.74, 6) is -1.04. The predicted octanol–water partition coefficient (Wildman–Crippen LogP) is 2.99. The number of rotatable bonds is 1. The average Bonchev–Trinajstić information content (AvgIpc) is 2.34. The normalized spacial score (nSPS) is 9.94. The van der Waals surface area contributed by atoms with Gasteiger partial charge in [0.25, 0.3) is 0 Å². The zero-order valence-corrected chi connectivity index (χ0v) is 9.37. The van der Waals surface area contributed by atoms with Crippen molar-refractivity contribution < 1.29 is 4.39 Å². The number of aromatic nitrogens is 1. The zero-order valence-electron chi connectivity index (χ0n) is 8.61. The highest BCUT2D eigenvalue weighted by Crippen LogP contribution is 2.32. The maximum absolute atomic E-state index is 13.9. The van der Waals surface area contributed by atoms with E-state index in [-0.39, 0.29) is 22.1 Å². The van der Waals surface area contributed by atoms with E-state index in [9.17, 15) is 4.39 Å². The molecule has 0 saturated carbocycles. The quantitative estimate of drug-likeness (QED) is 0.788. The fourth-order valence-corrected chi connectivity index (χ4v) is 1.76. The molecule has 2 N–H and O–H groups in total. The van der Waals surface area contributed by atoms with Crippen LogP contribution in [0.15, 0.2) is 30.3 Å². The molecule has 0 bridgehead atoms. The first-order valence-corrected chi connectivity index (χ1v) is 5.13. The van der Waals surface area contributed by atoms with Crippen LogP contribution in [0.5, 0.6) is 0 Å². The minimum absolute atomic E-state index is 0.00966. The predicted molar refractivity (Wildman–Crippen MR) is 63.8 cm³/mol. The Balaban J connectivity index is 2.81. The number of halogens is 2. The van der Waals surface area contributed by atoms with Crippen LogP contribution < -0.4 is 5.73 Å². The number of nitrogens with two attached hydrogens (primary N) is 1. The van der Waals surface area contributed by atoms with E-state index in [4.69, 9.17) is 22.6 Å². The Kier molecular flexibility index (Phi) is 2.94. The molecule has 1 aromatic heterocycles. The number of anilines is 1. The van der Waals surface area contributed by atoms with Crippen molar-refractivity contribution in [3.8, 4) is 17.2 Å². The second kappa shape index (κ2) is 4.40. The summed E-state index contributed by atoms with van der Waals surface area (Å²) in [4.78, 5) is 3.58. The van der Waals surface area contributed by atoms with Crippen LogP contribution in [0.25, 0.3) is 11.1 Å². The molecule has 1 heterocycles. The molecule has 0 fully saturated rings. The van der Waals surface area contributed by atoms with Gasteiger partial charge in [-0.2, -0.15) is 5.26 Å². The summed E-state index contributed by atoms with van der Waals surface area (Å²) in [6.45, 7) is 0. The molecular weight excluding hydrogens is 241 g/mol. The Bertz CT molecular complexity index is 605. The monoisotopic (exact) mass is 247 g/mol. The highest BCUT2D eigenvalue weighted by Gasteiger charge is 2.18. The van der Waals surface area contributed by atoms with Crippen molar-refractivity contribution in [3.05, 3.63) is 46.9 Å². The van der Waals surface area contributed by atoms with Crippen LogP contribution in [0, 0.1) is 17.1 Å². The van der Waals surface area contributed by atoms with E-state index in [0.29, 0.717) is 5.56 Å². The summed E-state index contributed by atoms with van der Waals surface area (Å²) < 4.78 is 13.9. The van der Waals surface area contributed by atoms with Gasteiger partial charge in [0, 0.05) is 5.56 Å².